The minimum atomic E-state index is -0.849. The van der Waals surface area contributed by atoms with E-state index < -0.39 is 24.6 Å². The van der Waals surface area contributed by atoms with Crippen molar-refractivity contribution in [2.24, 2.45) is 0 Å². The molecule has 6 heteroatoms. The number of amides is 1. The molecule has 1 N–H and O–H groups in total. The fourth-order valence-electron chi connectivity index (χ4n) is 0.832. The molecule has 0 heterocycles. The maximum Gasteiger partial charge on any atom is 0.292 e. The Morgan fingerprint density at radius 2 is 1.86 bits per heavy atom. The fraction of sp³-hybridized carbons (Fsp3) is 0.750. The number of hydrogen-bond acceptors (Lipinski definition) is 5. The number of Topliss-reactive ketones (excluding diaryl/α,β-unsaturated/α-hetero) is 1. The molecular weight excluding hydrogens is 190 g/mol. The van der Waals surface area contributed by atoms with Crippen LogP contribution in [-0.2, 0) is 19.1 Å². The van der Waals surface area contributed by atoms with E-state index in [4.69, 9.17) is 14.6 Å². The summed E-state index contributed by atoms with van der Waals surface area (Å²) in [5.74, 6) is -1.61. The van der Waals surface area contributed by atoms with Crippen LogP contribution in [0.1, 0.15) is 0 Å². The van der Waals surface area contributed by atoms with Crippen LogP contribution in [0.15, 0.2) is 0 Å². The molecule has 0 unspecified atom stereocenters. The third-order valence-corrected chi connectivity index (χ3v) is 1.68. The lowest BCUT2D eigenvalue weighted by Crippen LogP contribution is -2.40. The molecule has 0 aliphatic rings. The average Bonchev–Trinajstić information content (AvgIpc) is 2.23. The Bertz CT molecular complexity index is 202. The van der Waals surface area contributed by atoms with Crippen LogP contribution in [0.4, 0.5) is 0 Å². The van der Waals surface area contributed by atoms with Crippen molar-refractivity contribution in [2.75, 3.05) is 34.4 Å². The Morgan fingerprint density at radius 1 is 1.36 bits per heavy atom. The van der Waals surface area contributed by atoms with Crippen molar-refractivity contribution in [1.82, 2.24) is 4.90 Å². The molecule has 0 spiro atoms. The normalized spacial score (nSPS) is 10.4. The summed E-state index contributed by atoms with van der Waals surface area (Å²) in [6.45, 7) is -0.647. The van der Waals surface area contributed by atoms with Crippen LogP contribution in [0, 0.1) is 0 Å². The van der Waals surface area contributed by atoms with E-state index in [1.165, 1.54) is 21.3 Å². The van der Waals surface area contributed by atoms with E-state index in [9.17, 15) is 9.59 Å². The third-order valence-electron chi connectivity index (χ3n) is 1.68. The Hall–Kier alpha value is -0.980. The molecule has 0 atom stereocenters. The van der Waals surface area contributed by atoms with Crippen LogP contribution in [0.3, 0.4) is 0 Å². The highest BCUT2D eigenvalue weighted by molar-refractivity contribution is 6.36. The molecule has 0 aromatic rings. The summed E-state index contributed by atoms with van der Waals surface area (Å²) < 4.78 is 9.69. The molecule has 0 saturated heterocycles. The summed E-state index contributed by atoms with van der Waals surface area (Å²) in [7, 11) is 4.29. The van der Waals surface area contributed by atoms with Crippen molar-refractivity contribution in [3.8, 4) is 0 Å². The van der Waals surface area contributed by atoms with E-state index in [1.807, 2.05) is 0 Å². The molecule has 0 rings (SSSR count). The Labute approximate surface area is 82.4 Å². The van der Waals surface area contributed by atoms with Gasteiger partial charge in [-0.15, -0.1) is 0 Å². The monoisotopic (exact) mass is 205 g/mol. The lowest BCUT2D eigenvalue weighted by molar-refractivity contribution is -0.152. The number of carbonyl (C=O) groups is 2. The van der Waals surface area contributed by atoms with E-state index in [0.29, 0.717) is 0 Å². The number of ketones is 1. The minimum Gasteiger partial charge on any atom is -0.388 e. The lowest BCUT2D eigenvalue weighted by Gasteiger charge is -2.21. The molecule has 14 heavy (non-hydrogen) atoms. The summed E-state index contributed by atoms with van der Waals surface area (Å²) in [5.41, 5.74) is 0. The van der Waals surface area contributed by atoms with E-state index in [2.05, 4.69) is 0 Å². The molecule has 82 valence electrons. The molecule has 0 aromatic heterocycles. The maximum absolute atomic E-state index is 11.1. The van der Waals surface area contributed by atoms with Crippen LogP contribution in [0.2, 0.25) is 0 Å². The summed E-state index contributed by atoms with van der Waals surface area (Å²) in [6, 6.07) is 0. The molecular formula is C8H15NO5. The van der Waals surface area contributed by atoms with E-state index in [-0.39, 0.29) is 6.54 Å². The van der Waals surface area contributed by atoms with Gasteiger partial charge in [0.1, 0.15) is 6.61 Å². The second-order valence-electron chi connectivity index (χ2n) is 2.67. The van der Waals surface area contributed by atoms with Crippen molar-refractivity contribution in [3.63, 3.8) is 0 Å². The summed E-state index contributed by atoms with van der Waals surface area (Å²) >= 11 is 0. The van der Waals surface area contributed by atoms with E-state index in [1.54, 1.807) is 0 Å². The van der Waals surface area contributed by atoms with Crippen LogP contribution in [0.5, 0.6) is 0 Å². The standard InChI is InChI=1S/C8H15NO5/c1-9(4-7(13-2)14-3)8(12)6(11)5-10/h7,10H,4-5H2,1-3H3. The first-order chi connectivity index (χ1) is 6.56. The molecule has 0 saturated carbocycles. The molecule has 0 bridgehead atoms. The summed E-state index contributed by atoms with van der Waals surface area (Å²) in [4.78, 5) is 23.1. The molecule has 6 nitrogen and oxygen atoms in total. The quantitative estimate of drug-likeness (QED) is 0.427. The van der Waals surface area contributed by atoms with Crippen molar-refractivity contribution < 1.29 is 24.2 Å². The number of nitrogens with zero attached hydrogens (tertiary/aromatic N) is 1. The number of carbonyl (C=O) groups excluding carboxylic acids is 2. The number of aliphatic hydroxyl groups is 1. The minimum absolute atomic E-state index is 0.136. The van der Waals surface area contributed by atoms with Crippen molar-refractivity contribution >= 4 is 11.7 Å². The smallest absolute Gasteiger partial charge is 0.292 e. The highest BCUT2D eigenvalue weighted by Crippen LogP contribution is 1.95. The first kappa shape index (κ1) is 13.0. The average molecular weight is 205 g/mol. The van der Waals surface area contributed by atoms with Crippen molar-refractivity contribution in [2.45, 2.75) is 6.29 Å². The Balaban J connectivity index is 4.12. The molecule has 0 fully saturated rings. The second-order valence-corrected chi connectivity index (χ2v) is 2.67. The zero-order valence-corrected chi connectivity index (χ0v) is 8.52. The summed E-state index contributed by atoms with van der Waals surface area (Å²) in [5, 5.41) is 8.44. The molecule has 0 aliphatic heterocycles. The van der Waals surface area contributed by atoms with Gasteiger partial charge in [-0.2, -0.15) is 0 Å². The number of rotatable bonds is 6. The molecule has 1 amide bonds. The molecule has 0 aromatic carbocycles. The zero-order valence-electron chi connectivity index (χ0n) is 8.52. The largest absolute Gasteiger partial charge is 0.388 e. The van der Waals surface area contributed by atoms with Gasteiger partial charge in [0.05, 0.1) is 6.54 Å². The zero-order chi connectivity index (χ0) is 11.1. The van der Waals surface area contributed by atoms with Gasteiger partial charge in [0.2, 0.25) is 5.78 Å². The summed E-state index contributed by atoms with van der Waals surface area (Å²) in [6.07, 6.45) is -0.574. The number of methoxy groups -OCH3 is 2. The highest BCUT2D eigenvalue weighted by Gasteiger charge is 2.20. The van der Waals surface area contributed by atoms with E-state index >= 15 is 0 Å². The van der Waals surface area contributed by atoms with Gasteiger partial charge in [-0.05, 0) is 0 Å². The van der Waals surface area contributed by atoms with Gasteiger partial charge in [-0.1, -0.05) is 0 Å². The van der Waals surface area contributed by atoms with Gasteiger partial charge in [-0.25, -0.2) is 0 Å². The van der Waals surface area contributed by atoms with Gasteiger partial charge < -0.3 is 19.5 Å². The SMILES string of the molecule is COC(CN(C)C(=O)C(=O)CO)OC. The second kappa shape index (κ2) is 6.47. The Morgan fingerprint density at radius 3 is 2.21 bits per heavy atom. The topological polar surface area (TPSA) is 76.1 Å². The lowest BCUT2D eigenvalue weighted by atomic mass is 10.3. The Kier molecular flexibility index (Phi) is 6.02. The third kappa shape index (κ3) is 3.82. The van der Waals surface area contributed by atoms with Gasteiger partial charge in [0, 0.05) is 21.3 Å². The number of hydrogen-bond donors (Lipinski definition) is 1. The first-order valence-electron chi connectivity index (χ1n) is 4.01. The number of ether oxygens (including phenoxy) is 2. The van der Waals surface area contributed by atoms with Crippen LogP contribution in [0.25, 0.3) is 0 Å². The maximum atomic E-state index is 11.1. The highest BCUT2D eigenvalue weighted by atomic mass is 16.7. The predicted molar refractivity (Wildman–Crippen MR) is 47.5 cm³/mol. The van der Waals surface area contributed by atoms with Crippen LogP contribution in [-0.4, -0.2) is 62.4 Å². The van der Waals surface area contributed by atoms with Gasteiger partial charge in [0.15, 0.2) is 6.29 Å². The van der Waals surface area contributed by atoms with Gasteiger partial charge >= 0.3 is 0 Å². The van der Waals surface area contributed by atoms with Crippen LogP contribution >= 0.6 is 0 Å². The molecule has 0 radical (unpaired) electrons. The fourth-order valence-corrected chi connectivity index (χ4v) is 0.832. The van der Waals surface area contributed by atoms with Gasteiger partial charge in [-0.3, -0.25) is 9.59 Å². The van der Waals surface area contributed by atoms with Crippen molar-refractivity contribution in [3.05, 3.63) is 0 Å². The number of likely N-dealkylation sites (N-methyl/N-ethyl adjacent to an activating group) is 1. The van der Waals surface area contributed by atoms with Crippen molar-refractivity contribution in [1.29, 1.82) is 0 Å². The predicted octanol–water partition coefficient (Wildman–Crippen LogP) is -1.37. The molecule has 0 aliphatic carbocycles. The van der Waals surface area contributed by atoms with Gasteiger partial charge in [0.25, 0.3) is 5.91 Å². The van der Waals surface area contributed by atoms with Crippen LogP contribution < -0.4 is 0 Å². The van der Waals surface area contributed by atoms with E-state index in [0.717, 1.165) is 4.90 Å². The first-order valence-corrected chi connectivity index (χ1v) is 4.01. The number of aliphatic hydroxyl groups excluding tert-OH is 1.